The molecule has 1 unspecified atom stereocenters. The molecule has 164 valence electrons. The van der Waals surface area contributed by atoms with E-state index in [4.69, 9.17) is 9.40 Å². The molecule has 3 aliphatic heterocycles. The van der Waals surface area contributed by atoms with E-state index in [1.807, 2.05) is 12.3 Å². The number of furan rings is 1. The predicted octanol–water partition coefficient (Wildman–Crippen LogP) is 4.39. The molecule has 5 rings (SSSR count). The van der Waals surface area contributed by atoms with E-state index in [1.165, 1.54) is 43.0 Å². The number of allylic oxidation sites excluding steroid dienone is 1. The van der Waals surface area contributed by atoms with Gasteiger partial charge in [-0.05, 0) is 70.0 Å². The summed E-state index contributed by atoms with van der Waals surface area (Å²) < 4.78 is 5.30. The Bertz CT molecular complexity index is 921. The van der Waals surface area contributed by atoms with Crippen LogP contribution in [0.3, 0.4) is 0 Å². The van der Waals surface area contributed by atoms with Gasteiger partial charge in [0, 0.05) is 49.6 Å². The molecule has 2 saturated heterocycles. The zero-order valence-electron chi connectivity index (χ0n) is 18.5. The Hall–Kier alpha value is -2.60. The third-order valence-corrected chi connectivity index (χ3v) is 6.91. The van der Waals surface area contributed by atoms with Gasteiger partial charge in [-0.15, -0.1) is 0 Å². The summed E-state index contributed by atoms with van der Waals surface area (Å²) in [7, 11) is 0. The molecule has 0 aromatic carbocycles. The fourth-order valence-electron chi connectivity index (χ4n) is 5.11. The molecule has 0 saturated carbocycles. The standard InChI is InChI=1S/C25H33N5O/c1-19-24(6-10-26-19)30-14-7-20(8-15-30)25-23(27-11-16-29-12-2-3-13-29)5-4-22(28-25)21-9-17-31-18-21/h4-6,9-10,17-20,27H,2-3,7-8,11-16H2,1H3. The van der Waals surface area contributed by atoms with Crippen molar-refractivity contribution in [3.8, 4) is 11.3 Å². The van der Waals surface area contributed by atoms with Crippen molar-refractivity contribution in [2.45, 2.75) is 44.6 Å². The third-order valence-electron chi connectivity index (χ3n) is 6.91. The molecular formula is C25H33N5O. The summed E-state index contributed by atoms with van der Waals surface area (Å²) in [5.74, 6) is 0.468. The zero-order chi connectivity index (χ0) is 21.0. The molecule has 5 heterocycles. The summed E-state index contributed by atoms with van der Waals surface area (Å²) in [5, 5.41) is 3.71. The van der Waals surface area contributed by atoms with Gasteiger partial charge in [0.25, 0.3) is 0 Å². The summed E-state index contributed by atoms with van der Waals surface area (Å²) in [6, 6.07) is 6.62. The maximum absolute atomic E-state index is 5.30. The highest BCUT2D eigenvalue weighted by Gasteiger charge is 2.27. The third kappa shape index (κ3) is 4.54. The molecule has 2 aromatic heterocycles. The lowest BCUT2D eigenvalue weighted by Gasteiger charge is -2.36. The van der Waals surface area contributed by atoms with E-state index in [2.05, 4.69) is 45.2 Å². The number of hydrogen-bond acceptors (Lipinski definition) is 6. The van der Waals surface area contributed by atoms with E-state index in [0.717, 1.165) is 50.3 Å². The number of hydrogen-bond donors (Lipinski definition) is 1. The van der Waals surface area contributed by atoms with Gasteiger partial charge in [-0.3, -0.25) is 9.98 Å². The minimum atomic E-state index is 0.293. The van der Waals surface area contributed by atoms with Crippen LogP contribution in [0.4, 0.5) is 5.69 Å². The topological polar surface area (TPSA) is 56.9 Å². The number of pyridine rings is 1. The Labute approximate surface area is 185 Å². The number of aromatic nitrogens is 1. The van der Waals surface area contributed by atoms with Crippen LogP contribution in [0.15, 0.2) is 51.9 Å². The van der Waals surface area contributed by atoms with Crippen molar-refractivity contribution in [1.82, 2.24) is 14.8 Å². The Morgan fingerprint density at radius 2 is 1.94 bits per heavy atom. The van der Waals surface area contributed by atoms with E-state index in [1.54, 1.807) is 12.5 Å². The Kier molecular flexibility index (Phi) is 6.07. The Morgan fingerprint density at radius 1 is 1.10 bits per heavy atom. The summed E-state index contributed by atoms with van der Waals surface area (Å²) in [6.07, 6.45) is 12.5. The van der Waals surface area contributed by atoms with Gasteiger partial charge in [0.1, 0.15) is 0 Å². The van der Waals surface area contributed by atoms with Crippen LogP contribution in [0.25, 0.3) is 11.3 Å². The Balaban J connectivity index is 1.30. The summed E-state index contributed by atoms with van der Waals surface area (Å²) in [6.45, 7) is 8.86. The lowest BCUT2D eigenvalue weighted by molar-refractivity contribution is 0.252. The van der Waals surface area contributed by atoms with Gasteiger partial charge in [0.05, 0.1) is 35.6 Å². The molecule has 1 atom stereocenters. The van der Waals surface area contributed by atoms with Crippen LogP contribution < -0.4 is 5.32 Å². The van der Waals surface area contributed by atoms with Crippen LogP contribution in [0.1, 0.15) is 44.2 Å². The van der Waals surface area contributed by atoms with E-state index in [0.29, 0.717) is 12.0 Å². The van der Waals surface area contributed by atoms with Gasteiger partial charge in [-0.25, -0.2) is 0 Å². The van der Waals surface area contributed by atoms with Crippen LogP contribution in [0.2, 0.25) is 0 Å². The first-order valence-electron chi connectivity index (χ1n) is 11.8. The second-order valence-electron chi connectivity index (χ2n) is 8.94. The number of rotatable bonds is 7. The quantitative estimate of drug-likeness (QED) is 0.722. The van der Waals surface area contributed by atoms with Crippen molar-refractivity contribution >= 4 is 11.9 Å². The molecule has 0 aliphatic carbocycles. The van der Waals surface area contributed by atoms with Crippen LogP contribution in [0, 0.1) is 0 Å². The fourth-order valence-corrected chi connectivity index (χ4v) is 5.11. The number of anilines is 1. The second kappa shape index (κ2) is 9.27. The molecule has 6 nitrogen and oxygen atoms in total. The summed E-state index contributed by atoms with van der Waals surface area (Å²) >= 11 is 0. The number of likely N-dealkylation sites (tertiary alicyclic amines) is 2. The fraction of sp³-hybridized carbons (Fsp3) is 0.520. The van der Waals surface area contributed by atoms with E-state index in [-0.39, 0.29) is 0 Å². The molecule has 0 radical (unpaired) electrons. The maximum Gasteiger partial charge on any atom is 0.0996 e. The van der Waals surface area contributed by atoms with Crippen LogP contribution in [-0.4, -0.2) is 66.3 Å². The normalized spacial score (nSPS) is 22.3. The smallest absolute Gasteiger partial charge is 0.0996 e. The zero-order valence-corrected chi connectivity index (χ0v) is 18.5. The highest BCUT2D eigenvalue weighted by molar-refractivity contribution is 5.75. The highest BCUT2D eigenvalue weighted by Crippen LogP contribution is 2.35. The van der Waals surface area contributed by atoms with Crippen LogP contribution in [-0.2, 0) is 0 Å². The first-order valence-corrected chi connectivity index (χ1v) is 11.8. The molecule has 2 aromatic rings. The van der Waals surface area contributed by atoms with Gasteiger partial charge in [-0.1, -0.05) is 0 Å². The average molecular weight is 420 g/mol. The maximum atomic E-state index is 5.30. The van der Waals surface area contributed by atoms with E-state index in [9.17, 15) is 0 Å². The molecule has 31 heavy (non-hydrogen) atoms. The van der Waals surface area contributed by atoms with Gasteiger partial charge >= 0.3 is 0 Å². The summed E-state index contributed by atoms with van der Waals surface area (Å²) in [5.41, 5.74) is 5.81. The van der Waals surface area contributed by atoms with Crippen LogP contribution >= 0.6 is 0 Å². The monoisotopic (exact) mass is 419 g/mol. The van der Waals surface area contributed by atoms with E-state index < -0.39 is 0 Å². The van der Waals surface area contributed by atoms with Crippen molar-refractivity contribution in [2.24, 2.45) is 4.99 Å². The highest BCUT2D eigenvalue weighted by atomic mass is 16.3. The molecule has 6 heteroatoms. The SMILES string of the molecule is CC1N=CC=C1N1CCC(c2nc(-c3ccoc3)ccc2NCCN2CCCC2)CC1. The molecule has 0 bridgehead atoms. The summed E-state index contributed by atoms with van der Waals surface area (Å²) in [4.78, 5) is 14.7. The number of piperidine rings is 1. The first kappa shape index (κ1) is 20.3. The van der Waals surface area contributed by atoms with Gasteiger partial charge in [0.2, 0.25) is 0 Å². The number of aliphatic imine (C=N–C) groups is 1. The minimum absolute atomic E-state index is 0.293. The minimum Gasteiger partial charge on any atom is -0.472 e. The molecule has 2 fully saturated rings. The lowest BCUT2D eigenvalue weighted by atomic mass is 9.91. The largest absolute Gasteiger partial charge is 0.472 e. The van der Waals surface area contributed by atoms with Gasteiger partial charge in [-0.2, -0.15) is 0 Å². The number of nitrogens with one attached hydrogen (secondary N) is 1. The lowest BCUT2D eigenvalue weighted by Crippen LogP contribution is -2.35. The average Bonchev–Trinajstić information content (AvgIpc) is 3.57. The van der Waals surface area contributed by atoms with Gasteiger partial charge < -0.3 is 19.5 Å². The molecule has 0 amide bonds. The predicted molar refractivity (Wildman–Crippen MR) is 126 cm³/mol. The van der Waals surface area contributed by atoms with Crippen molar-refractivity contribution in [3.63, 3.8) is 0 Å². The van der Waals surface area contributed by atoms with Crippen molar-refractivity contribution in [2.75, 3.05) is 44.6 Å². The van der Waals surface area contributed by atoms with Crippen molar-refractivity contribution in [3.05, 3.63) is 48.2 Å². The van der Waals surface area contributed by atoms with Crippen molar-refractivity contribution in [1.29, 1.82) is 0 Å². The van der Waals surface area contributed by atoms with Crippen LogP contribution in [0.5, 0.6) is 0 Å². The second-order valence-corrected chi connectivity index (χ2v) is 8.94. The molecule has 0 spiro atoms. The van der Waals surface area contributed by atoms with Gasteiger partial charge in [0.15, 0.2) is 0 Å². The van der Waals surface area contributed by atoms with Crippen molar-refractivity contribution < 1.29 is 4.42 Å². The molecular weight excluding hydrogens is 386 g/mol. The Morgan fingerprint density at radius 3 is 2.65 bits per heavy atom. The van der Waals surface area contributed by atoms with E-state index >= 15 is 0 Å². The molecule has 3 aliphatic rings. The first-order chi connectivity index (χ1) is 15.3. The number of nitrogens with zero attached hydrogens (tertiary/aromatic N) is 4. The molecule has 1 N–H and O–H groups in total.